The molecule has 0 saturated carbocycles. The van der Waals surface area contributed by atoms with E-state index in [1.54, 1.807) is 6.07 Å². The zero-order valence-electron chi connectivity index (χ0n) is 12.4. The predicted octanol–water partition coefficient (Wildman–Crippen LogP) is 3.28. The number of aromatic hydroxyl groups is 1. The molecule has 1 atom stereocenters. The second kappa shape index (κ2) is 5.43. The second-order valence-corrected chi connectivity index (χ2v) is 6.76. The van der Waals surface area contributed by atoms with Crippen LogP contribution in [0.1, 0.15) is 36.3 Å². The van der Waals surface area contributed by atoms with Gasteiger partial charge in [-0.3, -0.25) is 19.8 Å². The minimum absolute atomic E-state index is 0.0458. The maximum Gasteiger partial charge on any atom is 0.270 e. The highest BCUT2D eigenvalue weighted by molar-refractivity contribution is 6.35. The molecule has 2 heterocycles. The number of fused-ring (bicyclic) bond motifs is 1. The molecule has 2 aromatic rings. The molecule has 0 fully saturated rings. The first kappa shape index (κ1) is 15.4. The van der Waals surface area contributed by atoms with Gasteiger partial charge in [0.05, 0.1) is 16.5 Å². The lowest BCUT2D eigenvalue weighted by Crippen LogP contribution is -2.29. The Kier molecular flexibility index (Phi) is 3.47. The molecule has 24 heavy (non-hydrogen) atoms. The Hall–Kier alpha value is -2.18. The number of phenolic OH excluding ortho intramolecular Hbond substituents is 1. The van der Waals surface area contributed by atoms with Crippen molar-refractivity contribution in [2.24, 2.45) is 0 Å². The van der Waals surface area contributed by atoms with Crippen molar-refractivity contribution in [3.05, 3.63) is 54.9 Å². The molecule has 124 valence electrons. The third kappa shape index (κ3) is 2.17. The van der Waals surface area contributed by atoms with E-state index in [1.807, 2.05) is 0 Å². The van der Waals surface area contributed by atoms with E-state index < -0.39 is 5.92 Å². The predicted molar refractivity (Wildman–Crippen MR) is 90.9 cm³/mol. The van der Waals surface area contributed by atoms with Gasteiger partial charge in [0.25, 0.3) is 5.56 Å². The third-order valence-electron chi connectivity index (χ3n) is 4.49. The Morgan fingerprint density at radius 3 is 2.71 bits per heavy atom. The van der Waals surface area contributed by atoms with Crippen molar-refractivity contribution in [1.29, 1.82) is 0 Å². The van der Waals surface area contributed by atoms with Gasteiger partial charge in [0.1, 0.15) is 11.6 Å². The molecule has 0 spiro atoms. The van der Waals surface area contributed by atoms with Crippen molar-refractivity contribution in [1.82, 2.24) is 10.2 Å². The molecule has 0 bridgehead atoms. The number of rotatable bonds is 1. The fraction of sp³-hybridized carbons (Fsp3) is 0.250. The number of Topliss-reactive ketones (excluding diaryl/α,β-unsaturated/α-hetero) is 1. The first-order chi connectivity index (χ1) is 11.5. The molecule has 4 rings (SSSR count). The van der Waals surface area contributed by atoms with Crippen LogP contribution < -0.4 is 10.9 Å². The molecule has 6 nitrogen and oxygen atoms in total. The Morgan fingerprint density at radius 1 is 1.12 bits per heavy atom. The van der Waals surface area contributed by atoms with Gasteiger partial charge in [-0.2, -0.15) is 0 Å². The lowest BCUT2D eigenvalue weighted by Gasteiger charge is -2.31. The van der Waals surface area contributed by atoms with Crippen LogP contribution in [-0.2, 0) is 4.79 Å². The fourth-order valence-electron chi connectivity index (χ4n) is 3.48. The molecule has 1 unspecified atom stereocenters. The van der Waals surface area contributed by atoms with Crippen LogP contribution in [0, 0.1) is 0 Å². The number of ketones is 1. The molecule has 8 heteroatoms. The summed E-state index contributed by atoms with van der Waals surface area (Å²) in [6.07, 6.45) is 1.84. The lowest BCUT2D eigenvalue weighted by molar-refractivity contribution is -0.116. The number of aromatic nitrogens is 2. The number of aromatic amines is 2. The topological polar surface area (TPSA) is 98.0 Å². The molecular formula is C16H13Cl2N3O3. The highest BCUT2D eigenvalue weighted by atomic mass is 35.5. The first-order valence-corrected chi connectivity index (χ1v) is 8.24. The van der Waals surface area contributed by atoms with Crippen LogP contribution >= 0.6 is 23.2 Å². The fourth-order valence-corrected chi connectivity index (χ4v) is 3.99. The zero-order valence-corrected chi connectivity index (χ0v) is 13.9. The molecule has 0 amide bonds. The van der Waals surface area contributed by atoms with Gasteiger partial charge in [0, 0.05) is 28.3 Å². The Balaban J connectivity index is 2.04. The number of H-pyrrole nitrogens is 2. The van der Waals surface area contributed by atoms with Gasteiger partial charge < -0.3 is 10.4 Å². The number of hydrogen-bond donors (Lipinski definition) is 4. The van der Waals surface area contributed by atoms with E-state index in [2.05, 4.69) is 15.5 Å². The van der Waals surface area contributed by atoms with Crippen molar-refractivity contribution in [2.45, 2.75) is 25.2 Å². The van der Waals surface area contributed by atoms with Crippen molar-refractivity contribution in [3.63, 3.8) is 0 Å². The van der Waals surface area contributed by atoms with Gasteiger partial charge in [0.15, 0.2) is 5.78 Å². The summed E-state index contributed by atoms with van der Waals surface area (Å²) in [4.78, 5) is 24.9. The number of nitrogens with one attached hydrogen (secondary N) is 3. The summed E-state index contributed by atoms with van der Waals surface area (Å²) in [5.74, 6) is -0.440. The summed E-state index contributed by atoms with van der Waals surface area (Å²) in [7, 11) is 0. The van der Waals surface area contributed by atoms with Crippen LogP contribution in [0.15, 0.2) is 28.2 Å². The zero-order chi connectivity index (χ0) is 17.0. The summed E-state index contributed by atoms with van der Waals surface area (Å²) in [6, 6.07) is 2.96. The van der Waals surface area contributed by atoms with Crippen molar-refractivity contribution in [2.75, 3.05) is 5.32 Å². The number of allylic oxidation sites excluding steroid dienone is 2. The summed E-state index contributed by atoms with van der Waals surface area (Å²) >= 11 is 12.1. The van der Waals surface area contributed by atoms with Crippen LogP contribution in [0.5, 0.6) is 5.75 Å². The monoisotopic (exact) mass is 365 g/mol. The van der Waals surface area contributed by atoms with Crippen molar-refractivity contribution < 1.29 is 9.90 Å². The van der Waals surface area contributed by atoms with E-state index in [4.69, 9.17) is 23.2 Å². The maximum atomic E-state index is 12.6. The molecular weight excluding hydrogens is 353 g/mol. The first-order valence-electron chi connectivity index (χ1n) is 7.49. The Labute approximate surface area is 146 Å². The number of hydrogen-bond acceptors (Lipinski definition) is 4. The third-order valence-corrected chi connectivity index (χ3v) is 5.00. The van der Waals surface area contributed by atoms with E-state index in [1.165, 1.54) is 6.07 Å². The van der Waals surface area contributed by atoms with Crippen molar-refractivity contribution >= 4 is 34.8 Å². The van der Waals surface area contributed by atoms with Gasteiger partial charge in [-0.05, 0) is 25.0 Å². The summed E-state index contributed by atoms with van der Waals surface area (Å²) < 4.78 is 0. The molecule has 0 radical (unpaired) electrons. The van der Waals surface area contributed by atoms with Crippen LogP contribution in [0.4, 0.5) is 5.82 Å². The largest absolute Gasteiger partial charge is 0.506 e. The van der Waals surface area contributed by atoms with Crippen LogP contribution in [0.3, 0.4) is 0 Å². The van der Waals surface area contributed by atoms with E-state index in [9.17, 15) is 14.7 Å². The Bertz CT molecular complexity index is 958. The van der Waals surface area contributed by atoms with Gasteiger partial charge in [-0.25, -0.2) is 0 Å². The van der Waals surface area contributed by atoms with Gasteiger partial charge in [-0.1, -0.05) is 23.2 Å². The lowest BCUT2D eigenvalue weighted by atomic mass is 9.76. The number of carbonyl (C=O) groups excluding carboxylic acids is 1. The van der Waals surface area contributed by atoms with Crippen LogP contribution in [-0.4, -0.2) is 21.1 Å². The van der Waals surface area contributed by atoms with E-state index in [0.717, 1.165) is 12.1 Å². The standard InChI is InChI=1S/C16H13Cl2N3O3/c17-6-4-7(14(23)8(18)5-6)11-12-9(2-1-3-10(12)22)19-15-13(11)16(24)21-20-15/h4-5,11,23H,1-3H2,(H3,19,20,21,24). The number of phenols is 1. The number of anilines is 1. The maximum absolute atomic E-state index is 12.6. The average Bonchev–Trinajstić information content (AvgIpc) is 2.90. The quantitative estimate of drug-likeness (QED) is 0.623. The van der Waals surface area contributed by atoms with E-state index in [-0.39, 0.29) is 22.1 Å². The number of carbonyl (C=O) groups is 1. The van der Waals surface area contributed by atoms with E-state index >= 15 is 0 Å². The highest BCUT2D eigenvalue weighted by Crippen LogP contribution is 2.47. The minimum atomic E-state index is -0.713. The average molecular weight is 366 g/mol. The molecule has 2 aliphatic rings. The molecule has 1 aromatic carbocycles. The SMILES string of the molecule is O=C1CCCC2=C1C(c1cc(Cl)cc(Cl)c1O)c1c([nH][nH]c1=O)N2. The van der Waals surface area contributed by atoms with Crippen molar-refractivity contribution in [3.8, 4) is 5.75 Å². The van der Waals surface area contributed by atoms with Crippen LogP contribution in [0.25, 0.3) is 0 Å². The van der Waals surface area contributed by atoms with Crippen LogP contribution in [0.2, 0.25) is 10.0 Å². The van der Waals surface area contributed by atoms with Gasteiger partial charge in [0.2, 0.25) is 0 Å². The smallest absolute Gasteiger partial charge is 0.270 e. The molecule has 1 aliphatic heterocycles. The van der Waals surface area contributed by atoms with Gasteiger partial charge in [-0.15, -0.1) is 0 Å². The molecule has 0 saturated heterocycles. The molecule has 1 aliphatic carbocycles. The summed E-state index contributed by atoms with van der Waals surface area (Å²) in [5, 5.41) is 19.3. The summed E-state index contributed by atoms with van der Waals surface area (Å²) in [5.41, 5.74) is 1.59. The second-order valence-electron chi connectivity index (χ2n) is 5.92. The molecule has 1 aromatic heterocycles. The van der Waals surface area contributed by atoms with E-state index in [0.29, 0.717) is 40.4 Å². The minimum Gasteiger partial charge on any atom is -0.506 e. The number of benzene rings is 1. The number of halogens is 2. The summed E-state index contributed by atoms with van der Waals surface area (Å²) in [6.45, 7) is 0. The molecule has 4 N–H and O–H groups in total. The Morgan fingerprint density at radius 2 is 1.92 bits per heavy atom. The van der Waals surface area contributed by atoms with Gasteiger partial charge >= 0.3 is 0 Å². The normalized spacial score (nSPS) is 19.8. The highest BCUT2D eigenvalue weighted by Gasteiger charge is 2.39.